The Morgan fingerprint density at radius 1 is 1.32 bits per heavy atom. The van der Waals surface area contributed by atoms with Crippen LogP contribution >= 0.6 is 23.6 Å². The number of hydrogen-bond donors (Lipinski definition) is 2. The first kappa shape index (κ1) is 15.4. The average molecular weight is 332 g/mol. The molecule has 2 N–H and O–H groups in total. The lowest BCUT2D eigenvalue weighted by Gasteiger charge is -2.15. The van der Waals surface area contributed by atoms with E-state index in [-0.39, 0.29) is 0 Å². The molecule has 0 fully saturated rings. The van der Waals surface area contributed by atoms with E-state index in [0.29, 0.717) is 5.11 Å². The van der Waals surface area contributed by atoms with E-state index in [1.165, 1.54) is 28.1 Å². The Labute approximate surface area is 141 Å². The predicted octanol–water partition coefficient (Wildman–Crippen LogP) is 4.69. The molecule has 0 saturated heterocycles. The molecule has 1 heterocycles. The van der Waals surface area contributed by atoms with Crippen molar-refractivity contribution in [1.29, 1.82) is 0 Å². The minimum absolute atomic E-state index is 0.604. The van der Waals surface area contributed by atoms with Crippen LogP contribution < -0.4 is 10.6 Å². The van der Waals surface area contributed by atoms with Crippen LogP contribution in [-0.4, -0.2) is 10.1 Å². The summed E-state index contributed by atoms with van der Waals surface area (Å²) in [5.74, 6) is 0.765. The molecule has 0 amide bonds. The molecule has 0 saturated carbocycles. The van der Waals surface area contributed by atoms with Gasteiger partial charge in [0.05, 0.1) is 5.69 Å². The molecule has 1 atom stereocenters. The van der Waals surface area contributed by atoms with Crippen LogP contribution in [0.1, 0.15) is 35.0 Å². The maximum atomic E-state index is 5.43. The second-order valence-electron chi connectivity index (χ2n) is 6.06. The SMILES string of the molecule is Cc1cccc(NC(=S)Nc2nc3c(s2)CC(C)CC3)c1C. The zero-order valence-electron chi connectivity index (χ0n) is 13.2. The van der Waals surface area contributed by atoms with E-state index in [1.54, 1.807) is 11.3 Å². The number of nitrogens with zero attached hydrogens (tertiary/aromatic N) is 1. The molecule has 1 aromatic carbocycles. The van der Waals surface area contributed by atoms with E-state index in [2.05, 4.69) is 42.5 Å². The zero-order chi connectivity index (χ0) is 15.7. The number of nitrogens with one attached hydrogen (secondary N) is 2. The van der Waals surface area contributed by atoms with Crippen molar-refractivity contribution in [3.8, 4) is 0 Å². The minimum Gasteiger partial charge on any atom is -0.332 e. The van der Waals surface area contributed by atoms with Gasteiger partial charge < -0.3 is 10.6 Å². The van der Waals surface area contributed by atoms with Crippen LogP contribution in [0.5, 0.6) is 0 Å². The molecular weight excluding hydrogens is 310 g/mol. The molecule has 1 aliphatic carbocycles. The number of rotatable bonds is 2. The highest BCUT2D eigenvalue weighted by atomic mass is 32.1. The first-order valence-corrected chi connectivity index (χ1v) is 8.88. The Hall–Kier alpha value is -1.46. The Bertz CT molecular complexity index is 706. The van der Waals surface area contributed by atoms with Crippen molar-refractivity contribution in [3.05, 3.63) is 39.9 Å². The molecule has 1 aliphatic rings. The summed E-state index contributed by atoms with van der Waals surface area (Å²) < 4.78 is 0. The van der Waals surface area contributed by atoms with Gasteiger partial charge in [-0.1, -0.05) is 19.1 Å². The molecule has 3 rings (SSSR count). The predicted molar refractivity (Wildman–Crippen MR) is 99.1 cm³/mol. The van der Waals surface area contributed by atoms with Gasteiger partial charge in [-0.25, -0.2) is 4.98 Å². The number of benzene rings is 1. The number of hydrogen-bond acceptors (Lipinski definition) is 3. The Kier molecular flexibility index (Phi) is 4.45. The summed E-state index contributed by atoms with van der Waals surface area (Å²) in [6, 6.07) is 6.19. The molecular formula is C17H21N3S2. The van der Waals surface area contributed by atoms with Crippen molar-refractivity contribution in [1.82, 2.24) is 4.98 Å². The normalized spacial score (nSPS) is 17.0. The molecule has 22 heavy (non-hydrogen) atoms. The van der Waals surface area contributed by atoms with Gasteiger partial charge >= 0.3 is 0 Å². The van der Waals surface area contributed by atoms with Crippen molar-refractivity contribution in [2.75, 3.05) is 10.6 Å². The van der Waals surface area contributed by atoms with Crippen LogP contribution in [0.3, 0.4) is 0 Å². The van der Waals surface area contributed by atoms with Gasteiger partial charge in [-0.3, -0.25) is 0 Å². The fourth-order valence-electron chi connectivity index (χ4n) is 2.73. The highest BCUT2D eigenvalue weighted by molar-refractivity contribution is 7.80. The van der Waals surface area contributed by atoms with Gasteiger partial charge in [0.2, 0.25) is 0 Å². The van der Waals surface area contributed by atoms with Crippen molar-refractivity contribution in [3.63, 3.8) is 0 Å². The van der Waals surface area contributed by atoms with E-state index in [4.69, 9.17) is 12.2 Å². The van der Waals surface area contributed by atoms with Gasteiger partial charge in [-0.2, -0.15) is 0 Å². The summed E-state index contributed by atoms with van der Waals surface area (Å²) in [7, 11) is 0. The fraction of sp³-hybridized carbons (Fsp3) is 0.412. The molecule has 116 valence electrons. The monoisotopic (exact) mass is 331 g/mol. The number of aromatic nitrogens is 1. The average Bonchev–Trinajstić information content (AvgIpc) is 2.85. The second kappa shape index (κ2) is 6.34. The molecule has 1 aromatic heterocycles. The maximum absolute atomic E-state index is 5.43. The second-order valence-corrected chi connectivity index (χ2v) is 7.56. The quantitative estimate of drug-likeness (QED) is 0.783. The maximum Gasteiger partial charge on any atom is 0.189 e. The van der Waals surface area contributed by atoms with E-state index < -0.39 is 0 Å². The van der Waals surface area contributed by atoms with E-state index in [0.717, 1.165) is 29.6 Å². The Balaban J connectivity index is 1.68. The van der Waals surface area contributed by atoms with Crippen molar-refractivity contribution < 1.29 is 0 Å². The third-order valence-corrected chi connectivity index (χ3v) is 5.50. The van der Waals surface area contributed by atoms with Crippen molar-refractivity contribution in [2.45, 2.75) is 40.0 Å². The first-order valence-electron chi connectivity index (χ1n) is 7.65. The third-order valence-electron chi connectivity index (χ3n) is 4.26. The van der Waals surface area contributed by atoms with Gasteiger partial charge in [0.15, 0.2) is 10.2 Å². The molecule has 0 bridgehead atoms. The van der Waals surface area contributed by atoms with Gasteiger partial charge in [-0.15, -0.1) is 11.3 Å². The van der Waals surface area contributed by atoms with Crippen LogP contribution in [0, 0.1) is 19.8 Å². The van der Waals surface area contributed by atoms with Crippen molar-refractivity contribution in [2.24, 2.45) is 5.92 Å². The largest absolute Gasteiger partial charge is 0.332 e. The van der Waals surface area contributed by atoms with E-state index >= 15 is 0 Å². The molecule has 3 nitrogen and oxygen atoms in total. The number of thiocarbonyl (C=S) groups is 1. The lowest BCUT2D eigenvalue weighted by molar-refractivity contribution is 0.502. The zero-order valence-corrected chi connectivity index (χ0v) is 14.8. The lowest BCUT2D eigenvalue weighted by Crippen LogP contribution is -2.19. The summed E-state index contributed by atoms with van der Waals surface area (Å²) in [6.07, 6.45) is 3.47. The number of fused-ring (bicyclic) bond motifs is 1. The van der Waals surface area contributed by atoms with Crippen molar-refractivity contribution >= 4 is 39.5 Å². The van der Waals surface area contributed by atoms with Crippen LogP contribution in [0.15, 0.2) is 18.2 Å². The van der Waals surface area contributed by atoms with Crippen LogP contribution in [0.4, 0.5) is 10.8 Å². The Morgan fingerprint density at radius 2 is 2.14 bits per heavy atom. The summed E-state index contributed by atoms with van der Waals surface area (Å²) in [5.41, 5.74) is 4.78. The molecule has 0 spiro atoms. The van der Waals surface area contributed by atoms with Gasteiger partial charge in [0, 0.05) is 10.6 Å². The van der Waals surface area contributed by atoms with Gasteiger partial charge in [-0.05, 0) is 68.4 Å². The number of anilines is 2. The molecule has 0 radical (unpaired) electrons. The highest BCUT2D eigenvalue weighted by Gasteiger charge is 2.20. The molecule has 2 aromatic rings. The first-order chi connectivity index (χ1) is 10.5. The summed E-state index contributed by atoms with van der Waals surface area (Å²) >= 11 is 7.16. The highest BCUT2D eigenvalue weighted by Crippen LogP contribution is 2.32. The minimum atomic E-state index is 0.604. The van der Waals surface area contributed by atoms with Crippen LogP contribution in [-0.2, 0) is 12.8 Å². The standard InChI is InChI=1S/C17H21N3S2/c1-10-7-8-14-15(9-10)22-17(19-14)20-16(21)18-13-6-4-5-11(2)12(13)3/h4-6,10H,7-9H2,1-3H3,(H2,18,19,20,21). The fourth-order valence-corrected chi connectivity index (χ4v) is 4.18. The van der Waals surface area contributed by atoms with Gasteiger partial charge in [0.25, 0.3) is 0 Å². The molecule has 5 heteroatoms. The summed E-state index contributed by atoms with van der Waals surface area (Å²) in [4.78, 5) is 6.10. The van der Waals surface area contributed by atoms with E-state index in [9.17, 15) is 0 Å². The van der Waals surface area contributed by atoms with Crippen LogP contribution in [0.2, 0.25) is 0 Å². The lowest BCUT2D eigenvalue weighted by atomic mass is 9.93. The summed E-state index contributed by atoms with van der Waals surface area (Å²) in [6.45, 7) is 6.51. The van der Waals surface area contributed by atoms with Crippen LogP contribution in [0.25, 0.3) is 0 Å². The topological polar surface area (TPSA) is 37.0 Å². The number of thiazole rings is 1. The van der Waals surface area contributed by atoms with Gasteiger partial charge in [0.1, 0.15) is 0 Å². The molecule has 1 unspecified atom stereocenters. The third kappa shape index (κ3) is 3.31. The number of aryl methyl sites for hydroxylation is 2. The Morgan fingerprint density at radius 3 is 2.95 bits per heavy atom. The molecule has 0 aliphatic heterocycles. The van der Waals surface area contributed by atoms with E-state index in [1.807, 2.05) is 12.1 Å². The smallest absolute Gasteiger partial charge is 0.189 e. The summed E-state index contributed by atoms with van der Waals surface area (Å²) in [5, 5.41) is 8.02.